The summed E-state index contributed by atoms with van der Waals surface area (Å²) in [5.41, 5.74) is 1.51. The van der Waals surface area contributed by atoms with Gasteiger partial charge in [-0.1, -0.05) is 13.3 Å². The minimum absolute atomic E-state index is 0.305. The number of fused-ring (bicyclic) bond motifs is 1. The number of nitrogens with zero attached hydrogens (tertiary/aromatic N) is 3. The zero-order valence-corrected chi connectivity index (χ0v) is 9.30. The fourth-order valence-electron chi connectivity index (χ4n) is 1.51. The predicted octanol–water partition coefficient (Wildman–Crippen LogP) is 1.38. The zero-order chi connectivity index (χ0) is 11.0. The highest BCUT2D eigenvalue weighted by molar-refractivity contribution is 6.15. The Morgan fingerprint density at radius 3 is 2.87 bits per heavy atom. The van der Waals surface area contributed by atoms with Crippen LogP contribution in [0.2, 0.25) is 0 Å². The smallest absolute Gasteiger partial charge is 0.280 e. The van der Waals surface area contributed by atoms with Crippen LogP contribution in [0.25, 0.3) is 11.0 Å². The Morgan fingerprint density at radius 2 is 2.20 bits per heavy atom. The molecule has 0 fully saturated rings. The van der Waals surface area contributed by atoms with E-state index in [4.69, 9.17) is 11.8 Å². The maximum atomic E-state index is 11.7. The van der Waals surface area contributed by atoms with Gasteiger partial charge in [0.15, 0.2) is 5.52 Å². The van der Waals surface area contributed by atoms with Crippen molar-refractivity contribution < 1.29 is 0 Å². The molecule has 0 aliphatic heterocycles. The highest BCUT2D eigenvalue weighted by Gasteiger charge is 2.12. The normalized spacial score (nSPS) is 11.1. The molecule has 0 spiro atoms. The van der Waals surface area contributed by atoms with Gasteiger partial charge in [-0.25, -0.2) is 9.07 Å². The van der Waals surface area contributed by atoms with Gasteiger partial charge in [0, 0.05) is 11.8 Å². The molecule has 80 valence electrons. The number of nitrogens with one attached hydrogen (secondary N) is 1. The fraction of sp³-hybridized carbons (Fsp3) is 0.444. The standard InChI is InChI=1S/C9H11ClN4O/c1-3-4-6-7-8(13-12-6)9(15)14(10)5(2)11-7/h3-4H2,1-2H3,(H,12,13). The van der Waals surface area contributed by atoms with Crippen molar-refractivity contribution in [2.75, 3.05) is 0 Å². The Morgan fingerprint density at radius 1 is 1.47 bits per heavy atom. The van der Waals surface area contributed by atoms with E-state index in [1.807, 2.05) is 0 Å². The summed E-state index contributed by atoms with van der Waals surface area (Å²) in [5, 5.41) is 6.76. The minimum Gasteiger partial charge on any atom is -0.280 e. The summed E-state index contributed by atoms with van der Waals surface area (Å²) >= 11 is 5.73. The van der Waals surface area contributed by atoms with Crippen molar-refractivity contribution in [3.8, 4) is 0 Å². The van der Waals surface area contributed by atoms with Gasteiger partial charge >= 0.3 is 0 Å². The van der Waals surface area contributed by atoms with Crippen molar-refractivity contribution in [1.82, 2.24) is 19.3 Å². The van der Waals surface area contributed by atoms with Gasteiger partial charge in [0.1, 0.15) is 11.3 Å². The van der Waals surface area contributed by atoms with E-state index in [9.17, 15) is 4.79 Å². The molecule has 2 rings (SSSR count). The van der Waals surface area contributed by atoms with E-state index in [1.54, 1.807) is 6.92 Å². The molecule has 0 aliphatic rings. The maximum Gasteiger partial charge on any atom is 0.296 e. The van der Waals surface area contributed by atoms with Crippen LogP contribution in [0.5, 0.6) is 0 Å². The summed E-state index contributed by atoms with van der Waals surface area (Å²) in [6.07, 6.45) is 1.80. The number of H-pyrrole nitrogens is 1. The third kappa shape index (κ3) is 1.52. The van der Waals surface area contributed by atoms with Crippen molar-refractivity contribution >= 4 is 22.8 Å². The Labute approximate surface area is 91.2 Å². The molecule has 2 aromatic heterocycles. The number of halogens is 1. The lowest BCUT2D eigenvalue weighted by molar-refractivity contribution is 0.871. The van der Waals surface area contributed by atoms with Gasteiger partial charge < -0.3 is 0 Å². The van der Waals surface area contributed by atoms with Gasteiger partial charge in [-0.05, 0) is 13.3 Å². The van der Waals surface area contributed by atoms with Gasteiger partial charge in [-0.2, -0.15) is 5.10 Å². The van der Waals surface area contributed by atoms with Gasteiger partial charge in [-0.3, -0.25) is 9.89 Å². The minimum atomic E-state index is -0.322. The zero-order valence-electron chi connectivity index (χ0n) is 8.54. The molecule has 1 N–H and O–H groups in total. The SMILES string of the molecule is CCCc1[nH]nc2c(=O)n(Cl)c(C)nc12. The summed E-state index contributed by atoms with van der Waals surface area (Å²) in [5.74, 6) is 0.480. The first-order valence-corrected chi connectivity index (χ1v) is 5.11. The quantitative estimate of drug-likeness (QED) is 0.842. The second kappa shape index (κ2) is 3.66. The van der Waals surface area contributed by atoms with Crippen LogP contribution in [0.1, 0.15) is 24.9 Å². The average molecular weight is 227 g/mol. The Balaban J connectivity index is 2.77. The monoisotopic (exact) mass is 226 g/mol. The first-order chi connectivity index (χ1) is 7.15. The van der Waals surface area contributed by atoms with E-state index >= 15 is 0 Å². The Kier molecular flexibility index (Phi) is 2.48. The summed E-state index contributed by atoms with van der Waals surface area (Å²) in [6, 6.07) is 0. The van der Waals surface area contributed by atoms with Crippen LogP contribution in [0, 0.1) is 6.92 Å². The van der Waals surface area contributed by atoms with Crippen LogP contribution >= 0.6 is 11.8 Å². The second-order valence-corrected chi connectivity index (χ2v) is 3.73. The van der Waals surface area contributed by atoms with Gasteiger partial charge in [0.25, 0.3) is 5.56 Å². The van der Waals surface area contributed by atoms with Crippen molar-refractivity contribution in [3.05, 3.63) is 21.9 Å². The molecule has 0 saturated carbocycles. The molecule has 15 heavy (non-hydrogen) atoms. The molecule has 2 aromatic rings. The van der Waals surface area contributed by atoms with Crippen LogP contribution in [-0.2, 0) is 6.42 Å². The molecule has 2 heterocycles. The van der Waals surface area contributed by atoms with Crippen LogP contribution in [-0.4, -0.2) is 19.3 Å². The largest absolute Gasteiger partial charge is 0.296 e. The molecule has 0 amide bonds. The Hall–Kier alpha value is -1.36. The number of aromatic nitrogens is 4. The average Bonchev–Trinajstić information content (AvgIpc) is 2.59. The molecule has 0 aliphatic carbocycles. The molecule has 0 atom stereocenters. The van der Waals surface area contributed by atoms with Crippen molar-refractivity contribution in [2.24, 2.45) is 0 Å². The first kappa shape index (κ1) is 10.2. The highest BCUT2D eigenvalue weighted by atomic mass is 35.5. The van der Waals surface area contributed by atoms with Gasteiger partial charge in [-0.15, -0.1) is 0 Å². The van der Waals surface area contributed by atoms with Gasteiger partial charge in [0.05, 0.1) is 5.69 Å². The number of aromatic amines is 1. The third-order valence-electron chi connectivity index (χ3n) is 2.25. The second-order valence-electron chi connectivity index (χ2n) is 3.39. The van der Waals surface area contributed by atoms with Crippen LogP contribution < -0.4 is 5.56 Å². The maximum absolute atomic E-state index is 11.7. The van der Waals surface area contributed by atoms with E-state index in [0.29, 0.717) is 16.9 Å². The summed E-state index contributed by atoms with van der Waals surface area (Å²) in [4.78, 5) is 15.9. The van der Waals surface area contributed by atoms with E-state index in [1.165, 1.54) is 0 Å². The lowest BCUT2D eigenvalue weighted by Crippen LogP contribution is -2.16. The molecule has 0 radical (unpaired) electrons. The number of hydrogen-bond acceptors (Lipinski definition) is 3. The summed E-state index contributed by atoms with van der Waals surface area (Å²) < 4.78 is 0.985. The van der Waals surface area contributed by atoms with Crippen LogP contribution in [0.15, 0.2) is 4.79 Å². The highest BCUT2D eigenvalue weighted by Crippen LogP contribution is 2.12. The molecular weight excluding hydrogens is 216 g/mol. The van der Waals surface area contributed by atoms with Crippen LogP contribution in [0.3, 0.4) is 0 Å². The number of aryl methyl sites for hydroxylation is 2. The van der Waals surface area contributed by atoms with Crippen LogP contribution in [0.4, 0.5) is 0 Å². The first-order valence-electron chi connectivity index (χ1n) is 4.78. The predicted molar refractivity (Wildman–Crippen MR) is 58.1 cm³/mol. The fourth-order valence-corrected chi connectivity index (χ4v) is 1.63. The van der Waals surface area contributed by atoms with Crippen molar-refractivity contribution in [1.29, 1.82) is 0 Å². The molecule has 0 unspecified atom stereocenters. The van der Waals surface area contributed by atoms with Crippen molar-refractivity contribution in [3.63, 3.8) is 0 Å². The van der Waals surface area contributed by atoms with E-state index in [2.05, 4.69) is 22.1 Å². The van der Waals surface area contributed by atoms with E-state index < -0.39 is 0 Å². The Bertz CT molecular complexity index is 557. The number of rotatable bonds is 2. The molecular formula is C9H11ClN4O. The van der Waals surface area contributed by atoms with E-state index in [0.717, 1.165) is 22.6 Å². The molecule has 0 aromatic carbocycles. The lowest BCUT2D eigenvalue weighted by atomic mass is 10.2. The summed E-state index contributed by atoms with van der Waals surface area (Å²) in [6.45, 7) is 3.75. The third-order valence-corrected chi connectivity index (χ3v) is 2.65. The van der Waals surface area contributed by atoms with E-state index in [-0.39, 0.29) is 5.56 Å². The molecule has 0 saturated heterocycles. The summed E-state index contributed by atoms with van der Waals surface area (Å²) in [7, 11) is 0. The number of hydrogen-bond donors (Lipinski definition) is 1. The lowest BCUT2D eigenvalue weighted by Gasteiger charge is -1.99. The molecule has 0 bridgehead atoms. The van der Waals surface area contributed by atoms with Crippen molar-refractivity contribution in [2.45, 2.75) is 26.7 Å². The van der Waals surface area contributed by atoms with Gasteiger partial charge in [0.2, 0.25) is 0 Å². The topological polar surface area (TPSA) is 63.6 Å². The molecule has 5 nitrogen and oxygen atoms in total. The molecule has 6 heteroatoms.